The highest BCUT2D eigenvalue weighted by atomic mass is 35.5. The van der Waals surface area contributed by atoms with Gasteiger partial charge in [-0.25, -0.2) is 0 Å². The van der Waals surface area contributed by atoms with Crippen LogP contribution in [0.5, 0.6) is 0 Å². The summed E-state index contributed by atoms with van der Waals surface area (Å²) in [6, 6.07) is 0. The molecule has 7 heteroatoms. The van der Waals surface area contributed by atoms with E-state index in [2.05, 4.69) is 20.0 Å². The van der Waals surface area contributed by atoms with Gasteiger partial charge < -0.3 is 9.64 Å². The van der Waals surface area contributed by atoms with Gasteiger partial charge in [-0.1, -0.05) is 11.6 Å². The van der Waals surface area contributed by atoms with Gasteiger partial charge in [0.1, 0.15) is 17.3 Å². The number of hydrogen-bond donors (Lipinski definition) is 0. The van der Waals surface area contributed by atoms with Crippen LogP contribution in [-0.4, -0.2) is 45.4 Å². The summed E-state index contributed by atoms with van der Waals surface area (Å²) in [6.45, 7) is 6.57. The number of rotatable bonds is 3. The van der Waals surface area contributed by atoms with Crippen molar-refractivity contribution in [2.75, 3.05) is 24.6 Å². The van der Waals surface area contributed by atoms with Crippen LogP contribution < -0.4 is 4.90 Å². The second-order valence-corrected chi connectivity index (χ2v) is 5.35. The average molecular weight is 296 g/mol. The average Bonchev–Trinajstić information content (AvgIpc) is 2.88. The van der Waals surface area contributed by atoms with Gasteiger partial charge in [0.25, 0.3) is 5.78 Å². The summed E-state index contributed by atoms with van der Waals surface area (Å²) < 4.78 is 7.52. The van der Waals surface area contributed by atoms with E-state index >= 15 is 0 Å². The predicted molar refractivity (Wildman–Crippen MR) is 77.4 cm³/mol. The molecule has 0 N–H and O–H groups in total. The van der Waals surface area contributed by atoms with E-state index in [9.17, 15) is 0 Å². The molecule has 0 radical (unpaired) electrons. The maximum Gasteiger partial charge on any atom is 0.255 e. The van der Waals surface area contributed by atoms with Crippen molar-refractivity contribution < 1.29 is 4.74 Å². The van der Waals surface area contributed by atoms with Crippen LogP contribution in [0.25, 0.3) is 5.78 Å². The standard InChI is InChI=1S/C13H18ClN5O/c1-3-20-10-5-4-6-18(7-10)12-9(2)11(14)17-13-15-8-16-19(12)13/h8,10H,3-7H2,1-2H3. The van der Waals surface area contributed by atoms with Crippen LogP contribution in [-0.2, 0) is 4.74 Å². The number of aromatic nitrogens is 4. The Morgan fingerprint density at radius 2 is 2.35 bits per heavy atom. The quantitative estimate of drug-likeness (QED) is 0.812. The van der Waals surface area contributed by atoms with Crippen molar-refractivity contribution in [1.82, 2.24) is 19.6 Å². The molecule has 0 aliphatic carbocycles. The Labute approximate surface area is 122 Å². The molecule has 3 heterocycles. The Bertz CT molecular complexity index is 612. The molecular formula is C13H18ClN5O. The van der Waals surface area contributed by atoms with Crippen molar-refractivity contribution >= 4 is 23.2 Å². The molecule has 108 valence electrons. The van der Waals surface area contributed by atoms with Crippen LogP contribution in [0.3, 0.4) is 0 Å². The van der Waals surface area contributed by atoms with Gasteiger partial charge in [0.15, 0.2) is 0 Å². The first-order chi connectivity index (χ1) is 9.70. The minimum atomic E-state index is 0.263. The molecular weight excluding hydrogens is 278 g/mol. The van der Waals surface area contributed by atoms with Crippen molar-refractivity contribution in [3.63, 3.8) is 0 Å². The normalized spacial score (nSPS) is 19.8. The lowest BCUT2D eigenvalue weighted by Crippen LogP contribution is -2.41. The van der Waals surface area contributed by atoms with Crippen LogP contribution in [0.1, 0.15) is 25.3 Å². The maximum absolute atomic E-state index is 6.22. The number of anilines is 1. The smallest absolute Gasteiger partial charge is 0.255 e. The minimum Gasteiger partial charge on any atom is -0.377 e. The molecule has 2 aromatic heterocycles. The van der Waals surface area contributed by atoms with E-state index in [0.29, 0.717) is 10.9 Å². The van der Waals surface area contributed by atoms with E-state index in [1.54, 1.807) is 4.52 Å². The van der Waals surface area contributed by atoms with Gasteiger partial charge in [-0.05, 0) is 26.7 Å². The third-order valence-electron chi connectivity index (χ3n) is 3.65. The minimum absolute atomic E-state index is 0.263. The third-order valence-corrected chi connectivity index (χ3v) is 4.02. The number of ether oxygens (including phenoxy) is 1. The summed E-state index contributed by atoms with van der Waals surface area (Å²) in [6.07, 6.45) is 3.97. The topological polar surface area (TPSA) is 55.5 Å². The summed E-state index contributed by atoms with van der Waals surface area (Å²) in [5.41, 5.74) is 0.932. The fraction of sp³-hybridized carbons (Fsp3) is 0.615. The van der Waals surface area contributed by atoms with Gasteiger partial charge in [-0.2, -0.15) is 19.6 Å². The Kier molecular flexibility index (Phi) is 3.76. The molecule has 1 fully saturated rings. The molecule has 2 aromatic rings. The molecule has 20 heavy (non-hydrogen) atoms. The zero-order valence-electron chi connectivity index (χ0n) is 11.7. The first-order valence-corrected chi connectivity index (χ1v) is 7.31. The SMILES string of the molecule is CCOC1CCCN(c2c(C)c(Cl)nc3ncnn23)C1. The molecule has 0 amide bonds. The number of nitrogens with zero attached hydrogens (tertiary/aromatic N) is 5. The third kappa shape index (κ3) is 2.33. The summed E-state index contributed by atoms with van der Waals surface area (Å²) in [4.78, 5) is 10.6. The molecule has 0 spiro atoms. The van der Waals surface area contributed by atoms with Crippen LogP contribution in [0, 0.1) is 6.92 Å². The van der Waals surface area contributed by atoms with E-state index in [0.717, 1.165) is 43.9 Å². The Balaban J connectivity index is 2.00. The number of hydrogen-bond acceptors (Lipinski definition) is 5. The zero-order valence-corrected chi connectivity index (χ0v) is 12.5. The van der Waals surface area contributed by atoms with Crippen molar-refractivity contribution in [3.05, 3.63) is 17.0 Å². The molecule has 0 aromatic carbocycles. The Hall–Kier alpha value is -1.40. The van der Waals surface area contributed by atoms with Gasteiger partial charge in [0.2, 0.25) is 0 Å². The Morgan fingerprint density at radius 1 is 1.50 bits per heavy atom. The van der Waals surface area contributed by atoms with Crippen LogP contribution in [0.4, 0.5) is 5.82 Å². The van der Waals surface area contributed by atoms with Gasteiger partial charge in [0.05, 0.1) is 6.10 Å². The highest BCUT2D eigenvalue weighted by molar-refractivity contribution is 6.30. The molecule has 6 nitrogen and oxygen atoms in total. The molecule has 1 unspecified atom stereocenters. The molecule has 1 saturated heterocycles. The lowest BCUT2D eigenvalue weighted by molar-refractivity contribution is 0.0524. The number of halogens is 1. The van der Waals surface area contributed by atoms with E-state index in [1.165, 1.54) is 6.33 Å². The van der Waals surface area contributed by atoms with Gasteiger partial charge in [-0.15, -0.1) is 0 Å². The highest BCUT2D eigenvalue weighted by Crippen LogP contribution is 2.28. The first kappa shape index (κ1) is 13.6. The van der Waals surface area contributed by atoms with Gasteiger partial charge in [-0.3, -0.25) is 0 Å². The molecule has 1 atom stereocenters. The summed E-state index contributed by atoms with van der Waals surface area (Å²) >= 11 is 6.22. The van der Waals surface area contributed by atoms with E-state index in [4.69, 9.17) is 16.3 Å². The van der Waals surface area contributed by atoms with Crippen molar-refractivity contribution in [3.8, 4) is 0 Å². The zero-order chi connectivity index (χ0) is 14.1. The summed E-state index contributed by atoms with van der Waals surface area (Å²) in [5.74, 6) is 1.51. The lowest BCUT2D eigenvalue weighted by atomic mass is 10.1. The second kappa shape index (κ2) is 5.54. The van der Waals surface area contributed by atoms with Crippen molar-refractivity contribution in [2.24, 2.45) is 0 Å². The van der Waals surface area contributed by atoms with Gasteiger partial charge >= 0.3 is 0 Å². The summed E-state index contributed by atoms with van der Waals surface area (Å²) in [7, 11) is 0. The van der Waals surface area contributed by atoms with Crippen LogP contribution in [0.15, 0.2) is 6.33 Å². The van der Waals surface area contributed by atoms with Crippen LogP contribution in [0.2, 0.25) is 5.15 Å². The Morgan fingerprint density at radius 3 is 3.15 bits per heavy atom. The van der Waals surface area contributed by atoms with E-state index in [-0.39, 0.29) is 6.10 Å². The summed E-state index contributed by atoms with van der Waals surface area (Å²) in [5, 5.41) is 4.75. The molecule has 1 aliphatic heterocycles. The molecule has 0 bridgehead atoms. The highest BCUT2D eigenvalue weighted by Gasteiger charge is 2.25. The van der Waals surface area contributed by atoms with E-state index in [1.807, 2.05) is 13.8 Å². The number of fused-ring (bicyclic) bond motifs is 1. The lowest BCUT2D eigenvalue weighted by Gasteiger charge is -2.34. The van der Waals surface area contributed by atoms with Crippen molar-refractivity contribution in [1.29, 1.82) is 0 Å². The maximum atomic E-state index is 6.22. The predicted octanol–water partition coefficient (Wildman–Crippen LogP) is 2.09. The van der Waals surface area contributed by atoms with Gasteiger partial charge in [0, 0.05) is 25.3 Å². The fourth-order valence-electron chi connectivity index (χ4n) is 2.76. The molecule has 3 rings (SSSR count). The molecule has 1 aliphatic rings. The number of piperidine rings is 1. The van der Waals surface area contributed by atoms with Crippen molar-refractivity contribution in [2.45, 2.75) is 32.8 Å². The second-order valence-electron chi connectivity index (χ2n) is 4.99. The largest absolute Gasteiger partial charge is 0.377 e. The molecule has 0 saturated carbocycles. The fourth-order valence-corrected chi connectivity index (χ4v) is 2.92. The van der Waals surface area contributed by atoms with Crippen LogP contribution >= 0.6 is 11.6 Å². The van der Waals surface area contributed by atoms with E-state index < -0.39 is 0 Å². The first-order valence-electron chi connectivity index (χ1n) is 6.93. The monoisotopic (exact) mass is 295 g/mol.